The highest BCUT2D eigenvalue weighted by molar-refractivity contribution is 7.13. The van der Waals surface area contributed by atoms with Crippen LogP contribution in [0.25, 0.3) is 0 Å². The smallest absolute Gasteiger partial charge is 0.286 e. The van der Waals surface area contributed by atoms with Gasteiger partial charge >= 0.3 is 0 Å². The number of nitrogens with zero attached hydrogens (tertiary/aromatic N) is 4. The summed E-state index contributed by atoms with van der Waals surface area (Å²) in [6.45, 7) is 8.10. The lowest BCUT2D eigenvalue weighted by molar-refractivity contribution is 0.102. The summed E-state index contributed by atoms with van der Waals surface area (Å²) < 4.78 is 5.80. The van der Waals surface area contributed by atoms with E-state index in [1.165, 1.54) is 16.9 Å². The van der Waals surface area contributed by atoms with Crippen molar-refractivity contribution in [3.8, 4) is 5.75 Å². The van der Waals surface area contributed by atoms with Crippen molar-refractivity contribution in [2.45, 2.75) is 19.9 Å². The Morgan fingerprint density at radius 1 is 1.06 bits per heavy atom. The number of hydrogen-bond donors (Lipinski definition) is 1. The van der Waals surface area contributed by atoms with E-state index < -0.39 is 0 Å². The first-order chi connectivity index (χ1) is 16.1. The molecule has 33 heavy (non-hydrogen) atoms. The Morgan fingerprint density at radius 2 is 1.79 bits per heavy atom. The molecule has 0 atom stereocenters. The van der Waals surface area contributed by atoms with Crippen molar-refractivity contribution >= 4 is 34.5 Å². The van der Waals surface area contributed by atoms with Gasteiger partial charge in [0.25, 0.3) is 5.91 Å². The van der Waals surface area contributed by atoms with Crippen molar-refractivity contribution in [3.05, 3.63) is 69.1 Å². The van der Waals surface area contributed by atoms with Crippen molar-refractivity contribution in [2.24, 2.45) is 0 Å². The van der Waals surface area contributed by atoms with E-state index in [-0.39, 0.29) is 5.91 Å². The monoisotopic (exact) mass is 485 g/mol. The Hall–Kier alpha value is -2.52. The molecule has 1 fully saturated rings. The molecule has 2 aromatic carbocycles. The van der Waals surface area contributed by atoms with Crippen LogP contribution in [0.15, 0.2) is 48.5 Å². The van der Waals surface area contributed by atoms with E-state index in [9.17, 15) is 4.79 Å². The minimum Gasteiger partial charge on any atom is -0.491 e. The number of para-hydroxylation sites is 1. The molecule has 3 aromatic rings. The molecule has 9 heteroatoms. The van der Waals surface area contributed by atoms with Crippen molar-refractivity contribution in [2.75, 3.05) is 44.6 Å². The summed E-state index contributed by atoms with van der Waals surface area (Å²) in [5, 5.41) is 13.1. The number of aryl methyl sites for hydroxylation is 1. The van der Waals surface area contributed by atoms with Gasteiger partial charge in [0.2, 0.25) is 5.01 Å². The molecule has 1 aromatic heterocycles. The van der Waals surface area contributed by atoms with Gasteiger partial charge in [-0.2, -0.15) is 0 Å². The standard InChI is InChI=1S/C24H28ClN5O2S/c1-2-18-7-9-19(10-8-18)26-23(31)24-28-27-22(33-24)17-30-13-11-29(12-14-30)15-16-32-21-6-4-3-5-20(21)25/h3-10H,2,11-17H2,1H3,(H,26,31). The van der Waals surface area contributed by atoms with Crippen LogP contribution in [-0.4, -0.2) is 65.2 Å². The molecular formula is C24H28ClN5O2S. The van der Waals surface area contributed by atoms with Crippen LogP contribution in [0, 0.1) is 0 Å². The van der Waals surface area contributed by atoms with Gasteiger partial charge < -0.3 is 10.1 Å². The molecule has 1 saturated heterocycles. The molecule has 2 heterocycles. The summed E-state index contributed by atoms with van der Waals surface area (Å²) >= 11 is 7.49. The number of hydrogen-bond acceptors (Lipinski definition) is 7. The van der Waals surface area contributed by atoms with Gasteiger partial charge in [0, 0.05) is 38.4 Å². The Morgan fingerprint density at radius 3 is 2.52 bits per heavy atom. The number of benzene rings is 2. The SMILES string of the molecule is CCc1ccc(NC(=O)c2nnc(CN3CCN(CCOc4ccccc4Cl)CC3)s2)cc1. The Balaban J connectivity index is 1.19. The fourth-order valence-electron chi connectivity index (χ4n) is 3.63. The molecule has 1 aliphatic rings. The molecular weight excluding hydrogens is 458 g/mol. The first-order valence-electron chi connectivity index (χ1n) is 11.2. The van der Waals surface area contributed by atoms with Crippen LogP contribution in [0.5, 0.6) is 5.75 Å². The fraction of sp³-hybridized carbons (Fsp3) is 0.375. The van der Waals surface area contributed by atoms with Crippen molar-refractivity contribution in [1.82, 2.24) is 20.0 Å². The second-order valence-corrected chi connectivity index (χ2v) is 9.37. The van der Waals surface area contributed by atoms with E-state index in [0.29, 0.717) is 23.2 Å². The van der Waals surface area contributed by atoms with E-state index in [1.54, 1.807) is 0 Å². The molecule has 1 aliphatic heterocycles. The molecule has 1 amide bonds. The van der Waals surface area contributed by atoms with E-state index >= 15 is 0 Å². The highest BCUT2D eigenvalue weighted by Crippen LogP contribution is 2.23. The number of rotatable bonds is 9. The van der Waals surface area contributed by atoms with Crippen LogP contribution < -0.4 is 10.1 Å². The number of carbonyl (C=O) groups excluding carboxylic acids is 1. The second kappa shape index (κ2) is 11.6. The molecule has 0 aliphatic carbocycles. The Bertz CT molecular complexity index is 1050. The van der Waals surface area contributed by atoms with Crippen molar-refractivity contribution in [1.29, 1.82) is 0 Å². The second-order valence-electron chi connectivity index (χ2n) is 7.90. The number of aromatic nitrogens is 2. The van der Waals surface area contributed by atoms with Crippen molar-refractivity contribution < 1.29 is 9.53 Å². The maximum absolute atomic E-state index is 12.5. The quantitative estimate of drug-likeness (QED) is 0.489. The molecule has 4 rings (SSSR count). The van der Waals surface area contributed by atoms with Crippen LogP contribution in [0.4, 0.5) is 5.69 Å². The largest absolute Gasteiger partial charge is 0.491 e. The highest BCUT2D eigenvalue weighted by Gasteiger charge is 2.20. The average Bonchev–Trinajstić information content (AvgIpc) is 3.31. The normalized spacial score (nSPS) is 14.8. The van der Waals surface area contributed by atoms with Gasteiger partial charge in [-0.3, -0.25) is 14.6 Å². The number of anilines is 1. The lowest BCUT2D eigenvalue weighted by atomic mass is 10.1. The zero-order chi connectivity index (χ0) is 23.0. The maximum atomic E-state index is 12.5. The Kier molecular flexibility index (Phi) is 8.28. The van der Waals surface area contributed by atoms with Gasteiger partial charge in [-0.1, -0.05) is 54.1 Å². The fourth-order valence-corrected chi connectivity index (χ4v) is 4.59. The van der Waals surface area contributed by atoms with Crippen LogP contribution in [0.1, 0.15) is 27.3 Å². The summed E-state index contributed by atoms with van der Waals surface area (Å²) in [5.41, 5.74) is 2.00. The molecule has 0 bridgehead atoms. The molecule has 1 N–H and O–H groups in total. The minimum absolute atomic E-state index is 0.216. The first-order valence-corrected chi connectivity index (χ1v) is 12.3. The third kappa shape index (κ3) is 6.74. The summed E-state index contributed by atoms with van der Waals surface area (Å²) in [6, 6.07) is 15.4. The zero-order valence-corrected chi connectivity index (χ0v) is 20.2. The van der Waals surface area contributed by atoms with Crippen LogP contribution >= 0.6 is 22.9 Å². The summed E-state index contributed by atoms with van der Waals surface area (Å²) in [6.07, 6.45) is 0.971. The summed E-state index contributed by atoms with van der Waals surface area (Å²) in [4.78, 5) is 17.2. The molecule has 0 saturated carbocycles. The van der Waals surface area contributed by atoms with E-state index in [1.807, 2.05) is 48.5 Å². The average molecular weight is 486 g/mol. The van der Waals surface area contributed by atoms with E-state index in [2.05, 4.69) is 32.2 Å². The van der Waals surface area contributed by atoms with Crippen LogP contribution in [0.3, 0.4) is 0 Å². The molecule has 0 spiro atoms. The number of nitrogens with one attached hydrogen (secondary N) is 1. The minimum atomic E-state index is -0.216. The van der Waals surface area contributed by atoms with E-state index in [0.717, 1.165) is 55.6 Å². The van der Waals surface area contributed by atoms with Gasteiger partial charge in [-0.25, -0.2) is 0 Å². The molecule has 7 nitrogen and oxygen atoms in total. The van der Waals surface area contributed by atoms with Crippen LogP contribution in [0.2, 0.25) is 5.02 Å². The molecule has 0 radical (unpaired) electrons. The summed E-state index contributed by atoms with van der Waals surface area (Å²) in [5.74, 6) is 0.512. The molecule has 174 valence electrons. The number of halogens is 1. The Labute approximate surface area is 203 Å². The van der Waals surface area contributed by atoms with Gasteiger partial charge in [-0.05, 0) is 36.2 Å². The molecule has 0 unspecified atom stereocenters. The van der Waals surface area contributed by atoms with E-state index in [4.69, 9.17) is 16.3 Å². The number of amides is 1. The van der Waals surface area contributed by atoms with Gasteiger partial charge in [0.05, 0.1) is 11.6 Å². The van der Waals surface area contributed by atoms with Crippen LogP contribution in [-0.2, 0) is 13.0 Å². The third-order valence-corrected chi connectivity index (χ3v) is 6.83. The predicted octanol–water partition coefficient (Wildman–Crippen LogP) is 4.20. The highest BCUT2D eigenvalue weighted by atomic mass is 35.5. The van der Waals surface area contributed by atoms with Crippen molar-refractivity contribution in [3.63, 3.8) is 0 Å². The number of ether oxygens (including phenoxy) is 1. The van der Waals surface area contributed by atoms with Gasteiger partial charge in [0.1, 0.15) is 17.4 Å². The maximum Gasteiger partial charge on any atom is 0.286 e. The summed E-state index contributed by atoms with van der Waals surface area (Å²) in [7, 11) is 0. The number of carbonyl (C=O) groups is 1. The lowest BCUT2D eigenvalue weighted by Gasteiger charge is -2.34. The zero-order valence-electron chi connectivity index (χ0n) is 18.7. The van der Waals surface area contributed by atoms with Gasteiger partial charge in [-0.15, -0.1) is 10.2 Å². The topological polar surface area (TPSA) is 70.6 Å². The lowest BCUT2D eigenvalue weighted by Crippen LogP contribution is -2.47. The number of piperazine rings is 1. The first kappa shape index (κ1) is 23.6. The third-order valence-electron chi connectivity index (χ3n) is 5.61. The van der Waals surface area contributed by atoms with Gasteiger partial charge in [0.15, 0.2) is 0 Å². The predicted molar refractivity (Wildman–Crippen MR) is 132 cm³/mol.